The lowest BCUT2D eigenvalue weighted by atomic mass is 10.2. The number of piperazine rings is 1. The first-order chi connectivity index (χ1) is 14.7. The monoisotopic (exact) mass is 424 g/mol. The lowest BCUT2D eigenvalue weighted by Crippen LogP contribution is -2.50. The number of para-hydroxylation sites is 1. The SMILES string of the molecule is O=C(CN1CCN(C(=O)c2cccnc2SC2CCCC2)CC1)Nc1ccccc1. The van der Waals surface area contributed by atoms with E-state index in [0.29, 0.717) is 43.5 Å². The van der Waals surface area contributed by atoms with Gasteiger partial charge in [0.15, 0.2) is 0 Å². The molecule has 1 saturated heterocycles. The quantitative estimate of drug-likeness (QED) is 0.769. The van der Waals surface area contributed by atoms with E-state index in [9.17, 15) is 9.59 Å². The van der Waals surface area contributed by atoms with Crippen LogP contribution in [0.1, 0.15) is 36.0 Å². The van der Waals surface area contributed by atoms with Crippen LogP contribution >= 0.6 is 11.8 Å². The summed E-state index contributed by atoms with van der Waals surface area (Å²) in [4.78, 5) is 33.9. The number of pyridine rings is 1. The third-order valence-electron chi connectivity index (χ3n) is 5.67. The van der Waals surface area contributed by atoms with Crippen molar-refractivity contribution in [2.75, 3.05) is 38.0 Å². The minimum Gasteiger partial charge on any atom is -0.336 e. The first-order valence-corrected chi connectivity index (χ1v) is 11.6. The van der Waals surface area contributed by atoms with Crippen LogP contribution in [0, 0.1) is 0 Å². The van der Waals surface area contributed by atoms with Crippen molar-refractivity contribution < 1.29 is 9.59 Å². The van der Waals surface area contributed by atoms with Crippen molar-refractivity contribution >= 4 is 29.3 Å². The molecule has 4 rings (SSSR count). The molecular formula is C23H28N4O2S. The zero-order valence-corrected chi connectivity index (χ0v) is 17.9. The van der Waals surface area contributed by atoms with Gasteiger partial charge in [0.25, 0.3) is 5.91 Å². The first kappa shape index (κ1) is 20.9. The molecule has 1 saturated carbocycles. The molecule has 0 bridgehead atoms. The number of nitrogens with one attached hydrogen (secondary N) is 1. The number of aromatic nitrogens is 1. The highest BCUT2D eigenvalue weighted by Gasteiger charge is 2.26. The van der Waals surface area contributed by atoms with Gasteiger partial charge in [0.2, 0.25) is 5.91 Å². The highest BCUT2D eigenvalue weighted by Crippen LogP contribution is 2.35. The number of benzene rings is 1. The summed E-state index contributed by atoms with van der Waals surface area (Å²) in [5, 5.41) is 4.35. The molecule has 2 fully saturated rings. The molecule has 0 atom stereocenters. The summed E-state index contributed by atoms with van der Waals surface area (Å²) in [6.07, 6.45) is 6.73. The van der Waals surface area contributed by atoms with Gasteiger partial charge in [-0.15, -0.1) is 11.8 Å². The number of thioether (sulfide) groups is 1. The van der Waals surface area contributed by atoms with Crippen LogP contribution in [-0.4, -0.2) is 64.6 Å². The van der Waals surface area contributed by atoms with Crippen LogP contribution in [0.5, 0.6) is 0 Å². The Morgan fingerprint density at radius 1 is 1.00 bits per heavy atom. The minimum absolute atomic E-state index is 0.0246. The Morgan fingerprint density at radius 3 is 2.47 bits per heavy atom. The zero-order chi connectivity index (χ0) is 20.8. The Balaban J connectivity index is 1.30. The summed E-state index contributed by atoms with van der Waals surface area (Å²) in [5.74, 6) is 0.0282. The van der Waals surface area contributed by atoms with Crippen LogP contribution in [0.4, 0.5) is 5.69 Å². The predicted molar refractivity (Wildman–Crippen MR) is 120 cm³/mol. The molecule has 7 heteroatoms. The number of rotatable bonds is 6. The number of hydrogen-bond acceptors (Lipinski definition) is 5. The van der Waals surface area contributed by atoms with E-state index in [1.54, 1.807) is 18.0 Å². The molecule has 6 nitrogen and oxygen atoms in total. The van der Waals surface area contributed by atoms with Gasteiger partial charge in [-0.1, -0.05) is 31.0 Å². The third-order valence-corrected chi connectivity index (χ3v) is 7.02. The summed E-state index contributed by atoms with van der Waals surface area (Å²) in [6.45, 7) is 2.98. The summed E-state index contributed by atoms with van der Waals surface area (Å²) >= 11 is 1.76. The number of carbonyl (C=O) groups excluding carboxylic acids is 2. The summed E-state index contributed by atoms with van der Waals surface area (Å²) in [6, 6.07) is 13.2. The molecule has 0 unspecified atom stereocenters. The van der Waals surface area contributed by atoms with E-state index in [0.717, 1.165) is 10.7 Å². The minimum atomic E-state index is -0.0246. The van der Waals surface area contributed by atoms with Gasteiger partial charge in [-0.2, -0.15) is 0 Å². The molecule has 30 heavy (non-hydrogen) atoms. The maximum Gasteiger partial charge on any atom is 0.256 e. The van der Waals surface area contributed by atoms with E-state index in [2.05, 4.69) is 15.2 Å². The Labute approximate surface area is 182 Å². The largest absolute Gasteiger partial charge is 0.336 e. The predicted octanol–water partition coefficient (Wildman–Crippen LogP) is 3.51. The summed E-state index contributed by atoms with van der Waals surface area (Å²) < 4.78 is 0. The fourth-order valence-electron chi connectivity index (χ4n) is 4.02. The molecule has 2 heterocycles. The zero-order valence-electron chi connectivity index (χ0n) is 17.1. The summed E-state index contributed by atoms with van der Waals surface area (Å²) in [7, 11) is 0. The molecule has 0 spiro atoms. The molecule has 158 valence electrons. The highest BCUT2D eigenvalue weighted by atomic mass is 32.2. The topological polar surface area (TPSA) is 65.5 Å². The molecule has 0 radical (unpaired) electrons. The van der Waals surface area contributed by atoms with Gasteiger partial charge < -0.3 is 10.2 Å². The van der Waals surface area contributed by atoms with Crippen molar-refractivity contribution in [1.82, 2.24) is 14.8 Å². The average molecular weight is 425 g/mol. The highest BCUT2D eigenvalue weighted by molar-refractivity contribution is 7.99. The average Bonchev–Trinajstić information content (AvgIpc) is 3.28. The number of amides is 2. The van der Waals surface area contributed by atoms with E-state index in [4.69, 9.17) is 0 Å². The van der Waals surface area contributed by atoms with E-state index < -0.39 is 0 Å². The number of nitrogens with zero attached hydrogens (tertiary/aromatic N) is 3. The maximum absolute atomic E-state index is 13.1. The Morgan fingerprint density at radius 2 is 1.73 bits per heavy atom. The van der Waals surface area contributed by atoms with E-state index in [-0.39, 0.29) is 11.8 Å². The van der Waals surface area contributed by atoms with Crippen molar-refractivity contribution in [3.63, 3.8) is 0 Å². The van der Waals surface area contributed by atoms with Crippen LogP contribution in [0.15, 0.2) is 53.7 Å². The van der Waals surface area contributed by atoms with Crippen LogP contribution in [-0.2, 0) is 4.79 Å². The molecule has 1 aromatic carbocycles. The first-order valence-electron chi connectivity index (χ1n) is 10.7. The van der Waals surface area contributed by atoms with Crippen molar-refractivity contribution in [2.24, 2.45) is 0 Å². The van der Waals surface area contributed by atoms with Crippen LogP contribution in [0.25, 0.3) is 0 Å². The van der Waals surface area contributed by atoms with Crippen LogP contribution < -0.4 is 5.32 Å². The second kappa shape index (κ2) is 10.1. The van der Waals surface area contributed by atoms with Gasteiger partial charge in [0.05, 0.1) is 12.1 Å². The van der Waals surface area contributed by atoms with Crippen molar-refractivity contribution in [1.29, 1.82) is 0 Å². The standard InChI is InChI=1S/C23H28N4O2S/c28-21(25-18-7-2-1-3-8-18)17-26-13-15-27(16-14-26)23(29)20-11-6-12-24-22(20)30-19-9-4-5-10-19/h1-3,6-8,11-12,19H,4-5,9-10,13-17H2,(H,25,28). The van der Waals surface area contributed by atoms with Crippen molar-refractivity contribution in [3.05, 3.63) is 54.2 Å². The molecule has 2 aromatic rings. The molecular weight excluding hydrogens is 396 g/mol. The molecule has 1 aromatic heterocycles. The Kier molecular flexibility index (Phi) is 7.02. The van der Waals surface area contributed by atoms with Gasteiger partial charge >= 0.3 is 0 Å². The Hall–Kier alpha value is -2.38. The molecule has 1 aliphatic carbocycles. The van der Waals surface area contributed by atoms with E-state index in [1.165, 1.54) is 25.7 Å². The molecule has 2 amide bonds. The fourth-order valence-corrected chi connectivity index (χ4v) is 5.30. The molecule has 1 aliphatic heterocycles. The van der Waals surface area contributed by atoms with E-state index in [1.807, 2.05) is 47.4 Å². The molecule has 1 N–H and O–H groups in total. The van der Waals surface area contributed by atoms with Gasteiger partial charge in [-0.25, -0.2) is 4.98 Å². The fraction of sp³-hybridized carbons (Fsp3) is 0.435. The van der Waals surface area contributed by atoms with Gasteiger partial charge in [-0.05, 0) is 37.1 Å². The Bertz CT molecular complexity index is 863. The smallest absolute Gasteiger partial charge is 0.256 e. The van der Waals surface area contributed by atoms with E-state index >= 15 is 0 Å². The van der Waals surface area contributed by atoms with Crippen molar-refractivity contribution in [2.45, 2.75) is 36.0 Å². The van der Waals surface area contributed by atoms with Crippen LogP contribution in [0.2, 0.25) is 0 Å². The van der Waals surface area contributed by atoms with Crippen LogP contribution in [0.3, 0.4) is 0 Å². The maximum atomic E-state index is 13.1. The van der Waals surface area contributed by atoms with Gasteiger partial charge in [0, 0.05) is 43.3 Å². The summed E-state index contributed by atoms with van der Waals surface area (Å²) in [5.41, 5.74) is 1.52. The third kappa shape index (κ3) is 5.40. The lowest BCUT2D eigenvalue weighted by Gasteiger charge is -2.34. The van der Waals surface area contributed by atoms with Gasteiger partial charge in [-0.3, -0.25) is 14.5 Å². The normalized spacial score (nSPS) is 17.8. The lowest BCUT2D eigenvalue weighted by molar-refractivity contribution is -0.117. The number of carbonyl (C=O) groups is 2. The van der Waals surface area contributed by atoms with Crippen molar-refractivity contribution in [3.8, 4) is 0 Å². The second-order valence-electron chi connectivity index (χ2n) is 7.86. The number of hydrogen-bond donors (Lipinski definition) is 1. The number of anilines is 1. The second-order valence-corrected chi connectivity index (χ2v) is 9.15. The molecule has 2 aliphatic rings. The van der Waals surface area contributed by atoms with Gasteiger partial charge in [0.1, 0.15) is 5.03 Å².